The van der Waals surface area contributed by atoms with Gasteiger partial charge in [0.1, 0.15) is 0 Å². The highest BCUT2D eigenvalue weighted by Crippen LogP contribution is 2.21. The van der Waals surface area contributed by atoms with Gasteiger partial charge >= 0.3 is 0 Å². The van der Waals surface area contributed by atoms with Crippen LogP contribution in [-0.2, 0) is 0 Å². The van der Waals surface area contributed by atoms with Crippen molar-refractivity contribution in [2.24, 2.45) is 0 Å². The predicted molar refractivity (Wildman–Crippen MR) is 81.0 cm³/mol. The number of aryl methyl sites for hydroxylation is 1. The molecule has 0 bridgehead atoms. The van der Waals surface area contributed by atoms with Crippen LogP contribution in [0.1, 0.15) is 69.5 Å². The zero-order valence-electron chi connectivity index (χ0n) is 12.3. The second-order valence-corrected chi connectivity index (χ2v) is 5.23. The minimum absolute atomic E-state index is 0.538. The molecular formula is C17H29N. The largest absolute Gasteiger partial charge is 0.310 e. The highest BCUT2D eigenvalue weighted by Gasteiger charge is 2.09. The maximum Gasteiger partial charge on any atom is 0.0320 e. The van der Waals surface area contributed by atoms with E-state index in [9.17, 15) is 0 Å². The van der Waals surface area contributed by atoms with Crippen molar-refractivity contribution in [1.82, 2.24) is 5.32 Å². The van der Waals surface area contributed by atoms with Crippen molar-refractivity contribution in [2.75, 3.05) is 6.54 Å². The molecule has 0 aliphatic carbocycles. The summed E-state index contributed by atoms with van der Waals surface area (Å²) < 4.78 is 0. The summed E-state index contributed by atoms with van der Waals surface area (Å²) in [5.41, 5.74) is 2.81. The van der Waals surface area contributed by atoms with Crippen molar-refractivity contribution >= 4 is 0 Å². The first-order valence-electron chi connectivity index (χ1n) is 7.57. The Hall–Kier alpha value is -0.820. The monoisotopic (exact) mass is 247 g/mol. The predicted octanol–water partition coefficient (Wildman–Crippen LogP) is 5.01. The number of benzene rings is 1. The summed E-state index contributed by atoms with van der Waals surface area (Å²) in [6.45, 7) is 7.69. The number of nitrogens with one attached hydrogen (secondary N) is 1. The Morgan fingerprint density at radius 1 is 1.06 bits per heavy atom. The van der Waals surface area contributed by atoms with E-state index in [1.165, 1.54) is 49.7 Å². The van der Waals surface area contributed by atoms with Crippen LogP contribution >= 0.6 is 0 Å². The van der Waals surface area contributed by atoms with Crippen molar-refractivity contribution in [1.29, 1.82) is 0 Å². The standard InChI is InChI=1S/C17H29N/c1-4-6-7-8-9-13-17(18-5-2)16-12-10-11-15(3)14-16/h10-12,14,17-18H,4-9,13H2,1-3H3. The van der Waals surface area contributed by atoms with Crippen LogP contribution in [0.25, 0.3) is 0 Å². The fourth-order valence-electron chi connectivity index (χ4n) is 2.47. The Kier molecular flexibility index (Phi) is 7.75. The minimum Gasteiger partial charge on any atom is -0.310 e. The topological polar surface area (TPSA) is 12.0 Å². The molecule has 0 amide bonds. The summed E-state index contributed by atoms with van der Waals surface area (Å²) in [5.74, 6) is 0. The molecule has 102 valence electrons. The molecule has 1 nitrogen and oxygen atoms in total. The maximum atomic E-state index is 3.62. The Labute approximate surface area is 113 Å². The normalized spacial score (nSPS) is 12.6. The summed E-state index contributed by atoms with van der Waals surface area (Å²) in [4.78, 5) is 0. The average Bonchev–Trinajstić information content (AvgIpc) is 2.37. The summed E-state index contributed by atoms with van der Waals surface area (Å²) in [6, 6.07) is 9.46. The molecule has 1 aromatic carbocycles. The molecular weight excluding hydrogens is 218 g/mol. The molecule has 0 heterocycles. The Morgan fingerprint density at radius 2 is 1.83 bits per heavy atom. The lowest BCUT2D eigenvalue weighted by molar-refractivity contribution is 0.478. The first-order valence-corrected chi connectivity index (χ1v) is 7.57. The van der Waals surface area contributed by atoms with Crippen LogP contribution in [0.15, 0.2) is 24.3 Å². The first-order chi connectivity index (χ1) is 8.77. The maximum absolute atomic E-state index is 3.62. The number of hydrogen-bond acceptors (Lipinski definition) is 1. The van der Waals surface area contributed by atoms with Crippen LogP contribution in [0.3, 0.4) is 0 Å². The minimum atomic E-state index is 0.538. The van der Waals surface area contributed by atoms with E-state index in [0.29, 0.717) is 6.04 Å². The van der Waals surface area contributed by atoms with Gasteiger partial charge in [-0.2, -0.15) is 0 Å². The summed E-state index contributed by atoms with van der Waals surface area (Å²) >= 11 is 0. The fourth-order valence-corrected chi connectivity index (χ4v) is 2.47. The molecule has 0 fully saturated rings. The molecule has 1 N–H and O–H groups in total. The molecule has 1 heteroatoms. The van der Waals surface area contributed by atoms with Crippen LogP contribution in [0.5, 0.6) is 0 Å². The molecule has 0 radical (unpaired) electrons. The lowest BCUT2D eigenvalue weighted by Crippen LogP contribution is -2.20. The van der Waals surface area contributed by atoms with Gasteiger partial charge in [-0.1, -0.05) is 75.8 Å². The molecule has 0 saturated carbocycles. The zero-order chi connectivity index (χ0) is 13.2. The average molecular weight is 247 g/mol. The lowest BCUT2D eigenvalue weighted by Gasteiger charge is -2.18. The smallest absolute Gasteiger partial charge is 0.0320 e. The third-order valence-corrected chi connectivity index (χ3v) is 3.49. The second kappa shape index (κ2) is 9.16. The van der Waals surface area contributed by atoms with Gasteiger partial charge in [0.2, 0.25) is 0 Å². The zero-order valence-corrected chi connectivity index (χ0v) is 12.3. The van der Waals surface area contributed by atoms with E-state index >= 15 is 0 Å². The third kappa shape index (κ3) is 5.68. The Bertz CT molecular complexity index is 319. The van der Waals surface area contributed by atoms with E-state index in [-0.39, 0.29) is 0 Å². The van der Waals surface area contributed by atoms with Gasteiger partial charge in [-0.05, 0) is 25.5 Å². The van der Waals surface area contributed by atoms with Crippen LogP contribution in [-0.4, -0.2) is 6.54 Å². The van der Waals surface area contributed by atoms with E-state index < -0.39 is 0 Å². The molecule has 1 atom stereocenters. The number of rotatable bonds is 9. The van der Waals surface area contributed by atoms with Gasteiger partial charge in [-0.3, -0.25) is 0 Å². The van der Waals surface area contributed by atoms with Gasteiger partial charge in [0.25, 0.3) is 0 Å². The van der Waals surface area contributed by atoms with Crippen LogP contribution < -0.4 is 5.32 Å². The molecule has 0 spiro atoms. The van der Waals surface area contributed by atoms with Crippen molar-refractivity contribution in [3.05, 3.63) is 35.4 Å². The summed E-state index contributed by atoms with van der Waals surface area (Å²) in [6.07, 6.45) is 8.09. The molecule has 1 unspecified atom stereocenters. The van der Waals surface area contributed by atoms with E-state index in [4.69, 9.17) is 0 Å². The van der Waals surface area contributed by atoms with E-state index in [1.807, 2.05) is 0 Å². The molecule has 0 aliphatic rings. The first kappa shape index (κ1) is 15.2. The van der Waals surface area contributed by atoms with Crippen molar-refractivity contribution in [2.45, 2.75) is 65.3 Å². The van der Waals surface area contributed by atoms with Crippen LogP contribution in [0.2, 0.25) is 0 Å². The molecule has 0 saturated heterocycles. The van der Waals surface area contributed by atoms with Crippen molar-refractivity contribution in [3.63, 3.8) is 0 Å². The number of hydrogen-bond donors (Lipinski definition) is 1. The molecule has 18 heavy (non-hydrogen) atoms. The van der Waals surface area contributed by atoms with Crippen LogP contribution in [0.4, 0.5) is 0 Å². The number of unbranched alkanes of at least 4 members (excludes halogenated alkanes) is 4. The highest BCUT2D eigenvalue weighted by molar-refractivity contribution is 5.25. The van der Waals surface area contributed by atoms with Crippen molar-refractivity contribution in [3.8, 4) is 0 Å². The van der Waals surface area contributed by atoms with Crippen molar-refractivity contribution < 1.29 is 0 Å². The van der Waals surface area contributed by atoms with E-state index in [2.05, 4.69) is 50.4 Å². The van der Waals surface area contributed by atoms with Gasteiger partial charge in [0.05, 0.1) is 0 Å². The van der Waals surface area contributed by atoms with Crippen LogP contribution in [0, 0.1) is 6.92 Å². The Morgan fingerprint density at radius 3 is 2.50 bits per heavy atom. The molecule has 0 aromatic heterocycles. The fraction of sp³-hybridized carbons (Fsp3) is 0.647. The quantitative estimate of drug-likeness (QED) is 0.605. The van der Waals surface area contributed by atoms with E-state index in [0.717, 1.165) is 6.54 Å². The second-order valence-electron chi connectivity index (χ2n) is 5.23. The van der Waals surface area contributed by atoms with Gasteiger partial charge in [0.15, 0.2) is 0 Å². The third-order valence-electron chi connectivity index (χ3n) is 3.49. The Balaban J connectivity index is 2.44. The summed E-state index contributed by atoms with van der Waals surface area (Å²) in [5, 5.41) is 3.62. The van der Waals surface area contributed by atoms with Gasteiger partial charge in [0, 0.05) is 6.04 Å². The van der Waals surface area contributed by atoms with Gasteiger partial charge < -0.3 is 5.32 Å². The highest BCUT2D eigenvalue weighted by atomic mass is 14.9. The molecule has 1 aromatic rings. The molecule has 0 aliphatic heterocycles. The summed E-state index contributed by atoms with van der Waals surface area (Å²) in [7, 11) is 0. The molecule has 1 rings (SSSR count). The van der Waals surface area contributed by atoms with Gasteiger partial charge in [-0.25, -0.2) is 0 Å². The SMILES string of the molecule is CCCCCCCC(NCC)c1cccc(C)c1. The van der Waals surface area contributed by atoms with E-state index in [1.54, 1.807) is 0 Å². The van der Waals surface area contributed by atoms with Gasteiger partial charge in [-0.15, -0.1) is 0 Å². The lowest BCUT2D eigenvalue weighted by atomic mass is 9.98.